The van der Waals surface area contributed by atoms with Gasteiger partial charge in [-0.25, -0.2) is 0 Å². The van der Waals surface area contributed by atoms with Crippen molar-refractivity contribution in [3.05, 3.63) is 41.6 Å². The summed E-state index contributed by atoms with van der Waals surface area (Å²) in [6.45, 7) is 1.39. The van der Waals surface area contributed by atoms with Crippen LogP contribution in [-0.2, 0) is 15.8 Å². The zero-order valence-corrected chi connectivity index (χ0v) is 13.7. The van der Waals surface area contributed by atoms with E-state index < -0.39 is 28.9 Å². The summed E-state index contributed by atoms with van der Waals surface area (Å²) in [7, 11) is 0. The van der Waals surface area contributed by atoms with Crippen LogP contribution in [0, 0.1) is 17.2 Å². The molecular formula is C17H17F3N4O2. The molecule has 0 aliphatic carbocycles. The van der Waals surface area contributed by atoms with Crippen molar-refractivity contribution in [3.63, 3.8) is 0 Å². The summed E-state index contributed by atoms with van der Waals surface area (Å²) in [6, 6.07) is 6.02. The Morgan fingerprint density at radius 3 is 2.50 bits per heavy atom. The Morgan fingerprint density at radius 2 is 1.88 bits per heavy atom. The zero-order valence-electron chi connectivity index (χ0n) is 13.7. The molecule has 2 amide bonds. The highest BCUT2D eigenvalue weighted by Crippen LogP contribution is 2.34. The van der Waals surface area contributed by atoms with E-state index in [0.29, 0.717) is 25.9 Å². The lowest BCUT2D eigenvalue weighted by molar-refractivity contribution is -0.137. The first kappa shape index (κ1) is 19.5. The molecule has 0 unspecified atom stereocenters. The predicted octanol–water partition coefficient (Wildman–Crippen LogP) is 2.17. The van der Waals surface area contributed by atoms with Crippen LogP contribution in [0.5, 0.6) is 0 Å². The van der Waals surface area contributed by atoms with Gasteiger partial charge in [-0.05, 0) is 38.1 Å². The van der Waals surface area contributed by atoms with Gasteiger partial charge in [-0.1, -0.05) is 12.1 Å². The normalized spacial score (nSPS) is 15.8. The van der Waals surface area contributed by atoms with Crippen LogP contribution in [0.3, 0.4) is 0 Å². The van der Waals surface area contributed by atoms with Crippen molar-refractivity contribution in [2.45, 2.75) is 19.0 Å². The molecule has 1 aromatic carbocycles. The van der Waals surface area contributed by atoms with E-state index in [1.807, 2.05) is 0 Å². The number of hydrogen-bond acceptors (Lipinski definition) is 4. The van der Waals surface area contributed by atoms with Crippen LogP contribution in [0.15, 0.2) is 36.0 Å². The summed E-state index contributed by atoms with van der Waals surface area (Å²) in [4.78, 5) is 24.1. The second-order valence-corrected chi connectivity index (χ2v) is 5.70. The third-order valence-electron chi connectivity index (χ3n) is 3.91. The van der Waals surface area contributed by atoms with E-state index in [4.69, 9.17) is 5.26 Å². The van der Waals surface area contributed by atoms with Crippen molar-refractivity contribution < 1.29 is 22.8 Å². The largest absolute Gasteiger partial charge is 0.418 e. The van der Waals surface area contributed by atoms with Crippen LogP contribution >= 0.6 is 0 Å². The number of amides is 2. The van der Waals surface area contributed by atoms with E-state index in [2.05, 4.69) is 16.0 Å². The number of rotatable bonds is 4. The topological polar surface area (TPSA) is 94.0 Å². The number of carbonyl (C=O) groups excluding carboxylic acids is 2. The van der Waals surface area contributed by atoms with E-state index in [1.54, 1.807) is 6.07 Å². The molecule has 1 aliphatic rings. The Hall–Kier alpha value is -2.86. The summed E-state index contributed by atoms with van der Waals surface area (Å²) in [5, 5.41) is 16.6. The highest BCUT2D eigenvalue weighted by Gasteiger charge is 2.33. The minimum absolute atomic E-state index is 0.235. The van der Waals surface area contributed by atoms with Gasteiger partial charge in [0.15, 0.2) is 0 Å². The molecule has 1 aromatic rings. The van der Waals surface area contributed by atoms with Gasteiger partial charge < -0.3 is 16.0 Å². The van der Waals surface area contributed by atoms with E-state index in [1.165, 1.54) is 12.1 Å². The SMILES string of the molecule is N#C/C(=C/NC(=O)C1CCNCC1)C(=O)Nc1ccccc1C(F)(F)F. The quantitative estimate of drug-likeness (QED) is 0.562. The molecule has 0 saturated carbocycles. The molecule has 0 spiro atoms. The van der Waals surface area contributed by atoms with Crippen LogP contribution in [0.4, 0.5) is 18.9 Å². The number of para-hydroxylation sites is 1. The summed E-state index contributed by atoms with van der Waals surface area (Å²) < 4.78 is 38.8. The molecule has 0 atom stereocenters. The van der Waals surface area contributed by atoms with Gasteiger partial charge in [-0.2, -0.15) is 18.4 Å². The van der Waals surface area contributed by atoms with Crippen molar-refractivity contribution in [3.8, 4) is 6.07 Å². The number of anilines is 1. The van der Waals surface area contributed by atoms with Gasteiger partial charge in [0.1, 0.15) is 11.6 Å². The van der Waals surface area contributed by atoms with Gasteiger partial charge in [0.2, 0.25) is 5.91 Å². The second kappa shape index (κ2) is 8.49. The maximum absolute atomic E-state index is 12.9. The first-order valence-electron chi connectivity index (χ1n) is 7.92. The van der Waals surface area contributed by atoms with Crippen molar-refractivity contribution in [2.24, 2.45) is 5.92 Å². The average molecular weight is 366 g/mol. The Bertz CT molecular complexity index is 747. The van der Waals surface area contributed by atoms with E-state index in [0.717, 1.165) is 18.3 Å². The zero-order chi connectivity index (χ0) is 19.2. The van der Waals surface area contributed by atoms with Crippen molar-refractivity contribution >= 4 is 17.5 Å². The number of nitriles is 1. The lowest BCUT2D eigenvalue weighted by Gasteiger charge is -2.20. The fourth-order valence-corrected chi connectivity index (χ4v) is 2.52. The van der Waals surface area contributed by atoms with E-state index in [9.17, 15) is 22.8 Å². The molecule has 26 heavy (non-hydrogen) atoms. The van der Waals surface area contributed by atoms with Crippen LogP contribution in [0.2, 0.25) is 0 Å². The van der Waals surface area contributed by atoms with Crippen molar-refractivity contribution in [1.29, 1.82) is 5.26 Å². The maximum Gasteiger partial charge on any atom is 0.418 e. The highest BCUT2D eigenvalue weighted by molar-refractivity contribution is 6.07. The Kier molecular flexibility index (Phi) is 6.36. The number of alkyl halides is 3. The number of nitrogens with zero attached hydrogens (tertiary/aromatic N) is 1. The Labute approximate surface area is 148 Å². The van der Waals surface area contributed by atoms with Crippen LogP contribution in [0.1, 0.15) is 18.4 Å². The molecule has 0 bridgehead atoms. The molecule has 1 heterocycles. The number of nitrogens with one attached hydrogen (secondary N) is 3. The van der Waals surface area contributed by atoms with Crippen LogP contribution in [0.25, 0.3) is 0 Å². The number of hydrogen-bond donors (Lipinski definition) is 3. The molecule has 1 saturated heterocycles. The fraction of sp³-hybridized carbons (Fsp3) is 0.353. The average Bonchev–Trinajstić information content (AvgIpc) is 2.62. The van der Waals surface area contributed by atoms with Crippen molar-refractivity contribution in [1.82, 2.24) is 10.6 Å². The van der Waals surface area contributed by atoms with E-state index in [-0.39, 0.29) is 11.8 Å². The maximum atomic E-state index is 12.9. The van der Waals surface area contributed by atoms with Gasteiger partial charge >= 0.3 is 6.18 Å². The highest BCUT2D eigenvalue weighted by atomic mass is 19.4. The minimum atomic E-state index is -4.65. The molecule has 1 aliphatic heterocycles. The summed E-state index contributed by atoms with van der Waals surface area (Å²) in [5.74, 6) is -1.60. The van der Waals surface area contributed by atoms with E-state index >= 15 is 0 Å². The first-order valence-corrected chi connectivity index (χ1v) is 7.92. The molecule has 2 rings (SSSR count). The molecular weight excluding hydrogens is 349 g/mol. The Morgan fingerprint density at radius 1 is 1.23 bits per heavy atom. The van der Waals surface area contributed by atoms with Gasteiger partial charge in [0, 0.05) is 12.1 Å². The molecule has 3 N–H and O–H groups in total. The van der Waals surface area contributed by atoms with Crippen LogP contribution in [-0.4, -0.2) is 24.9 Å². The van der Waals surface area contributed by atoms with Gasteiger partial charge in [0.05, 0.1) is 11.3 Å². The van der Waals surface area contributed by atoms with Crippen LogP contribution < -0.4 is 16.0 Å². The standard InChI is InChI=1S/C17H17F3N4O2/c18-17(19,20)13-3-1-2-4-14(13)24-16(26)12(9-21)10-23-15(25)11-5-7-22-8-6-11/h1-4,10-11,22H,5-8H2,(H,23,25)(H,24,26)/b12-10-. The predicted molar refractivity (Wildman–Crippen MR) is 87.5 cm³/mol. The summed E-state index contributed by atoms with van der Waals surface area (Å²) in [6.07, 6.45) is -2.46. The molecule has 138 valence electrons. The number of carbonyl (C=O) groups is 2. The number of benzene rings is 1. The number of halogens is 3. The summed E-state index contributed by atoms with van der Waals surface area (Å²) >= 11 is 0. The number of piperidine rings is 1. The monoisotopic (exact) mass is 366 g/mol. The third-order valence-corrected chi connectivity index (χ3v) is 3.91. The Balaban J connectivity index is 2.07. The minimum Gasteiger partial charge on any atom is -0.331 e. The molecule has 0 radical (unpaired) electrons. The fourth-order valence-electron chi connectivity index (χ4n) is 2.52. The second-order valence-electron chi connectivity index (χ2n) is 5.70. The molecule has 6 nitrogen and oxygen atoms in total. The summed E-state index contributed by atoms with van der Waals surface area (Å²) in [5.41, 5.74) is -1.98. The molecule has 0 aromatic heterocycles. The van der Waals surface area contributed by atoms with Gasteiger partial charge in [0.25, 0.3) is 5.91 Å². The van der Waals surface area contributed by atoms with Gasteiger partial charge in [-0.15, -0.1) is 0 Å². The molecule has 9 heteroatoms. The molecule has 1 fully saturated rings. The lowest BCUT2D eigenvalue weighted by Crippen LogP contribution is -2.36. The van der Waals surface area contributed by atoms with Crippen molar-refractivity contribution in [2.75, 3.05) is 18.4 Å². The first-order chi connectivity index (χ1) is 12.3. The van der Waals surface area contributed by atoms with Gasteiger partial charge in [-0.3, -0.25) is 9.59 Å². The lowest BCUT2D eigenvalue weighted by atomic mass is 9.97. The third kappa shape index (κ3) is 5.07. The smallest absolute Gasteiger partial charge is 0.331 e.